The topological polar surface area (TPSA) is 12.0 Å². The first kappa shape index (κ1) is 13.5. The summed E-state index contributed by atoms with van der Waals surface area (Å²) < 4.78 is 50.5. The Morgan fingerprint density at radius 2 is 2.11 bits per heavy atom. The first-order valence-electron chi connectivity index (χ1n) is 5.69. The van der Waals surface area contributed by atoms with Gasteiger partial charge in [-0.05, 0) is 36.8 Å². The zero-order valence-electron chi connectivity index (χ0n) is 9.56. The third-order valence-electron chi connectivity index (χ3n) is 2.84. The third kappa shape index (κ3) is 3.31. The lowest BCUT2D eigenvalue weighted by atomic mass is 10.2. The highest BCUT2D eigenvalue weighted by molar-refractivity contribution is 8.00. The van der Waals surface area contributed by atoms with Gasteiger partial charge in [-0.3, -0.25) is 0 Å². The molecule has 2 rings (SSSR count). The lowest BCUT2D eigenvalue weighted by molar-refractivity contribution is -0.137. The van der Waals surface area contributed by atoms with Crippen molar-refractivity contribution in [3.05, 3.63) is 29.6 Å². The van der Waals surface area contributed by atoms with Gasteiger partial charge in [0.05, 0.1) is 11.3 Å². The average molecular weight is 279 g/mol. The molecule has 1 aromatic carbocycles. The second-order valence-corrected chi connectivity index (χ2v) is 5.62. The standard InChI is InChI=1S/C12H13F4NS/c13-10-6-8(12(14,15)16)3-4-11(10)17-7-9-2-1-5-18-9/h3-4,6,9,17H,1-2,5,7H2. The maximum atomic E-state index is 13.5. The number of benzene rings is 1. The predicted octanol–water partition coefficient (Wildman–Crippen LogP) is 4.15. The molecule has 1 atom stereocenters. The molecule has 0 spiro atoms. The summed E-state index contributed by atoms with van der Waals surface area (Å²) in [6.45, 7) is 0.590. The molecular formula is C12H13F4NS. The van der Waals surface area contributed by atoms with Gasteiger partial charge in [-0.1, -0.05) is 0 Å². The van der Waals surface area contributed by atoms with Crippen LogP contribution in [0.5, 0.6) is 0 Å². The molecule has 18 heavy (non-hydrogen) atoms. The van der Waals surface area contributed by atoms with Crippen LogP contribution in [0, 0.1) is 5.82 Å². The average Bonchev–Trinajstić information content (AvgIpc) is 2.79. The highest BCUT2D eigenvalue weighted by Crippen LogP contribution is 2.32. The van der Waals surface area contributed by atoms with Crippen molar-refractivity contribution in [2.24, 2.45) is 0 Å². The lowest BCUT2D eigenvalue weighted by Gasteiger charge is -2.13. The van der Waals surface area contributed by atoms with Gasteiger partial charge in [0.1, 0.15) is 5.82 Å². The van der Waals surface area contributed by atoms with Crippen molar-refractivity contribution in [2.45, 2.75) is 24.3 Å². The summed E-state index contributed by atoms with van der Waals surface area (Å²) in [5.41, 5.74) is -0.823. The quantitative estimate of drug-likeness (QED) is 0.834. The molecule has 6 heteroatoms. The molecule has 1 fully saturated rings. The fraction of sp³-hybridized carbons (Fsp3) is 0.500. The van der Waals surface area contributed by atoms with Crippen molar-refractivity contribution in [3.8, 4) is 0 Å². The minimum atomic E-state index is -4.50. The van der Waals surface area contributed by atoms with Gasteiger partial charge in [0, 0.05) is 11.8 Å². The molecule has 0 saturated carbocycles. The molecule has 1 aromatic rings. The molecular weight excluding hydrogens is 266 g/mol. The van der Waals surface area contributed by atoms with Crippen LogP contribution in [0.1, 0.15) is 18.4 Å². The van der Waals surface area contributed by atoms with E-state index in [1.165, 1.54) is 0 Å². The number of halogens is 4. The second kappa shape index (κ2) is 5.38. The molecule has 0 amide bonds. The van der Waals surface area contributed by atoms with Crippen LogP contribution in [0.4, 0.5) is 23.2 Å². The van der Waals surface area contributed by atoms with E-state index in [1.54, 1.807) is 0 Å². The normalized spacial score (nSPS) is 20.1. The summed E-state index contributed by atoms with van der Waals surface area (Å²) in [5, 5.41) is 3.29. The van der Waals surface area contributed by atoms with Crippen LogP contribution in [0.25, 0.3) is 0 Å². The van der Waals surface area contributed by atoms with Gasteiger partial charge in [0.15, 0.2) is 0 Å². The van der Waals surface area contributed by atoms with Crippen molar-refractivity contribution in [2.75, 3.05) is 17.6 Å². The molecule has 1 saturated heterocycles. The van der Waals surface area contributed by atoms with Crippen LogP contribution >= 0.6 is 11.8 Å². The maximum absolute atomic E-state index is 13.5. The van der Waals surface area contributed by atoms with Crippen LogP contribution in [0.15, 0.2) is 18.2 Å². The first-order chi connectivity index (χ1) is 8.47. The van der Waals surface area contributed by atoms with Crippen LogP contribution in [0.2, 0.25) is 0 Å². The Kier molecular flexibility index (Phi) is 4.04. The molecule has 0 aliphatic carbocycles. The molecule has 1 unspecified atom stereocenters. The summed E-state index contributed by atoms with van der Waals surface area (Å²) in [7, 11) is 0. The largest absolute Gasteiger partial charge is 0.416 e. The van der Waals surface area contributed by atoms with Gasteiger partial charge in [-0.2, -0.15) is 24.9 Å². The molecule has 1 aliphatic rings. The maximum Gasteiger partial charge on any atom is 0.416 e. The van der Waals surface area contributed by atoms with Gasteiger partial charge < -0.3 is 5.32 Å². The van der Waals surface area contributed by atoms with Gasteiger partial charge >= 0.3 is 6.18 Å². The molecule has 100 valence electrons. The van der Waals surface area contributed by atoms with E-state index in [0.29, 0.717) is 17.9 Å². The van der Waals surface area contributed by atoms with E-state index in [9.17, 15) is 17.6 Å². The number of hydrogen-bond acceptors (Lipinski definition) is 2. The Hall–Kier alpha value is -0.910. The molecule has 1 aliphatic heterocycles. The van der Waals surface area contributed by atoms with E-state index in [1.807, 2.05) is 11.8 Å². The van der Waals surface area contributed by atoms with Gasteiger partial charge in [0.25, 0.3) is 0 Å². The zero-order valence-corrected chi connectivity index (χ0v) is 10.4. The Bertz CT molecular complexity index is 413. The van der Waals surface area contributed by atoms with Gasteiger partial charge in [-0.15, -0.1) is 0 Å². The van der Waals surface area contributed by atoms with E-state index in [-0.39, 0.29) is 5.69 Å². The zero-order chi connectivity index (χ0) is 13.2. The Balaban J connectivity index is 2.01. The second-order valence-electron chi connectivity index (χ2n) is 4.21. The third-order valence-corrected chi connectivity index (χ3v) is 4.24. The van der Waals surface area contributed by atoms with Crippen molar-refractivity contribution in [3.63, 3.8) is 0 Å². The smallest absolute Gasteiger partial charge is 0.382 e. The van der Waals surface area contributed by atoms with Crippen molar-refractivity contribution < 1.29 is 17.6 Å². The first-order valence-corrected chi connectivity index (χ1v) is 6.74. The molecule has 0 radical (unpaired) electrons. The van der Waals surface area contributed by atoms with E-state index < -0.39 is 17.6 Å². The Labute approximate surface area is 107 Å². The molecule has 1 heterocycles. The number of anilines is 1. The van der Waals surface area contributed by atoms with Crippen LogP contribution < -0.4 is 5.32 Å². The molecule has 1 nitrogen and oxygen atoms in total. The van der Waals surface area contributed by atoms with Crippen LogP contribution in [-0.2, 0) is 6.18 Å². The SMILES string of the molecule is Fc1cc(C(F)(F)F)ccc1NCC1CCCS1. The molecule has 1 N–H and O–H groups in total. The summed E-state index contributed by atoms with van der Waals surface area (Å²) in [4.78, 5) is 0. The molecule has 0 aromatic heterocycles. The van der Waals surface area contributed by atoms with Crippen LogP contribution in [-0.4, -0.2) is 17.5 Å². The lowest BCUT2D eigenvalue weighted by Crippen LogP contribution is -2.15. The highest BCUT2D eigenvalue weighted by atomic mass is 32.2. The number of alkyl halides is 3. The summed E-state index contributed by atoms with van der Waals surface area (Å²) in [6, 6.07) is 2.58. The number of hydrogen-bond donors (Lipinski definition) is 1. The van der Waals surface area contributed by atoms with E-state index >= 15 is 0 Å². The Morgan fingerprint density at radius 3 is 2.67 bits per heavy atom. The number of nitrogens with one attached hydrogen (secondary N) is 1. The van der Waals surface area contributed by atoms with Crippen molar-refractivity contribution in [1.29, 1.82) is 0 Å². The fourth-order valence-electron chi connectivity index (χ4n) is 1.86. The highest BCUT2D eigenvalue weighted by Gasteiger charge is 2.31. The van der Waals surface area contributed by atoms with E-state index in [4.69, 9.17) is 0 Å². The van der Waals surface area contributed by atoms with Gasteiger partial charge in [0.2, 0.25) is 0 Å². The van der Waals surface area contributed by atoms with Gasteiger partial charge in [-0.25, -0.2) is 4.39 Å². The molecule has 0 bridgehead atoms. The summed E-state index contributed by atoms with van der Waals surface area (Å²) in [5.74, 6) is 0.245. The Morgan fingerprint density at radius 1 is 1.33 bits per heavy atom. The fourth-order valence-corrected chi connectivity index (χ4v) is 3.07. The number of rotatable bonds is 3. The summed E-state index contributed by atoms with van der Waals surface area (Å²) >= 11 is 1.81. The minimum Gasteiger partial charge on any atom is -0.382 e. The predicted molar refractivity (Wildman–Crippen MR) is 65.4 cm³/mol. The monoisotopic (exact) mass is 279 g/mol. The van der Waals surface area contributed by atoms with Crippen LogP contribution in [0.3, 0.4) is 0 Å². The summed E-state index contributed by atoms with van der Waals surface area (Å²) in [6.07, 6.45) is -2.28. The van der Waals surface area contributed by atoms with Crippen molar-refractivity contribution >= 4 is 17.4 Å². The minimum absolute atomic E-state index is 0.135. The van der Waals surface area contributed by atoms with E-state index in [0.717, 1.165) is 30.7 Å². The van der Waals surface area contributed by atoms with E-state index in [2.05, 4.69) is 5.32 Å². The van der Waals surface area contributed by atoms with Crippen molar-refractivity contribution in [1.82, 2.24) is 0 Å². The number of thioether (sulfide) groups is 1.